The summed E-state index contributed by atoms with van der Waals surface area (Å²) < 4.78 is 16.9. The minimum Gasteiger partial charge on any atom is -0.449 e. The third kappa shape index (κ3) is 3.76. The molecule has 0 N–H and O–H groups in total. The van der Waals surface area contributed by atoms with Crippen LogP contribution in [0.4, 0.5) is 14.3 Å². The van der Waals surface area contributed by atoms with Gasteiger partial charge in [0.2, 0.25) is 5.13 Å². The van der Waals surface area contributed by atoms with Crippen LogP contribution in [0.25, 0.3) is 0 Å². The molecule has 0 saturated carbocycles. The minimum absolute atomic E-state index is 0.144. The third-order valence-electron chi connectivity index (χ3n) is 2.83. The van der Waals surface area contributed by atoms with E-state index in [0.29, 0.717) is 26.2 Å². The monoisotopic (exact) mass is 288 g/mol. The first-order valence-electron chi connectivity index (χ1n) is 6.23. The Morgan fingerprint density at radius 1 is 1.37 bits per heavy atom. The summed E-state index contributed by atoms with van der Waals surface area (Å²) in [6.45, 7) is 4.21. The number of alkyl halides is 1. The maximum absolute atomic E-state index is 11.9. The van der Waals surface area contributed by atoms with Gasteiger partial charge in [0.05, 0.1) is 13.3 Å². The maximum atomic E-state index is 11.9. The molecule has 1 aliphatic rings. The van der Waals surface area contributed by atoms with Crippen LogP contribution in [0.15, 0.2) is 0 Å². The lowest BCUT2D eigenvalue weighted by atomic mass is 10.3. The van der Waals surface area contributed by atoms with Crippen LogP contribution in [-0.4, -0.2) is 60.7 Å². The Hall–Kier alpha value is -1.44. The summed E-state index contributed by atoms with van der Waals surface area (Å²) in [5.74, 6) is 0. The van der Waals surface area contributed by atoms with Gasteiger partial charge < -0.3 is 14.5 Å². The number of anilines is 1. The molecule has 106 valence electrons. The highest BCUT2D eigenvalue weighted by Gasteiger charge is 2.23. The average molecular weight is 288 g/mol. The standard InChI is InChI=1S/C11H17FN4O2S/c1-9-13-14-10(19-9)15-4-6-16(7-5-15)11(17)18-8-2-3-12/h2-8H2,1H3. The van der Waals surface area contributed by atoms with Crippen LogP contribution in [0, 0.1) is 6.92 Å². The fourth-order valence-electron chi connectivity index (χ4n) is 1.80. The predicted octanol–water partition coefficient (Wildman–Crippen LogP) is 1.46. The summed E-state index contributed by atoms with van der Waals surface area (Å²) >= 11 is 1.55. The Morgan fingerprint density at radius 2 is 2.11 bits per heavy atom. The molecule has 1 aromatic rings. The van der Waals surface area contributed by atoms with E-state index in [1.165, 1.54) is 0 Å². The molecule has 0 bridgehead atoms. The zero-order valence-electron chi connectivity index (χ0n) is 10.8. The first-order chi connectivity index (χ1) is 9.20. The number of hydrogen-bond donors (Lipinski definition) is 0. The van der Waals surface area contributed by atoms with Crippen LogP contribution in [0.1, 0.15) is 11.4 Å². The summed E-state index contributed by atoms with van der Waals surface area (Å²) in [5.41, 5.74) is 0. The van der Waals surface area contributed by atoms with E-state index in [4.69, 9.17) is 4.74 Å². The van der Waals surface area contributed by atoms with Crippen molar-refractivity contribution < 1.29 is 13.9 Å². The quantitative estimate of drug-likeness (QED) is 0.785. The molecule has 6 nitrogen and oxygen atoms in total. The normalized spacial score (nSPS) is 15.7. The number of halogens is 1. The molecule has 0 aromatic carbocycles. The van der Waals surface area contributed by atoms with Gasteiger partial charge in [0.15, 0.2) is 0 Å². The van der Waals surface area contributed by atoms with Gasteiger partial charge in [-0.25, -0.2) is 4.79 Å². The molecule has 0 aliphatic carbocycles. The fourth-order valence-corrected chi connectivity index (χ4v) is 2.54. The molecule has 1 fully saturated rings. The number of rotatable bonds is 4. The van der Waals surface area contributed by atoms with Gasteiger partial charge in [-0.3, -0.25) is 4.39 Å². The van der Waals surface area contributed by atoms with Crippen molar-refractivity contribution in [2.45, 2.75) is 13.3 Å². The van der Waals surface area contributed by atoms with Crippen molar-refractivity contribution in [3.63, 3.8) is 0 Å². The molecule has 1 aliphatic heterocycles. The molecule has 0 radical (unpaired) electrons. The lowest BCUT2D eigenvalue weighted by Crippen LogP contribution is -2.49. The summed E-state index contributed by atoms with van der Waals surface area (Å²) in [7, 11) is 0. The molecule has 0 atom stereocenters. The highest BCUT2D eigenvalue weighted by molar-refractivity contribution is 7.15. The van der Waals surface area contributed by atoms with E-state index in [0.717, 1.165) is 10.1 Å². The third-order valence-corrected chi connectivity index (χ3v) is 3.73. The van der Waals surface area contributed by atoms with Crippen molar-refractivity contribution >= 4 is 22.6 Å². The molecular weight excluding hydrogens is 271 g/mol. The van der Waals surface area contributed by atoms with E-state index < -0.39 is 6.67 Å². The summed E-state index contributed by atoms with van der Waals surface area (Å²) in [5, 5.41) is 9.90. The van der Waals surface area contributed by atoms with Crippen molar-refractivity contribution in [2.75, 3.05) is 44.4 Å². The van der Waals surface area contributed by atoms with Crippen LogP contribution in [0.2, 0.25) is 0 Å². The number of hydrogen-bond acceptors (Lipinski definition) is 6. The first kappa shape index (κ1) is 14.0. The van der Waals surface area contributed by atoms with E-state index in [1.54, 1.807) is 16.2 Å². The molecule has 1 amide bonds. The second-order valence-corrected chi connectivity index (χ2v) is 5.39. The summed E-state index contributed by atoms with van der Waals surface area (Å²) in [6.07, 6.45) is -0.1000. The second-order valence-electron chi connectivity index (χ2n) is 4.23. The van der Waals surface area contributed by atoms with Gasteiger partial charge in [-0.05, 0) is 6.92 Å². The zero-order valence-corrected chi connectivity index (χ0v) is 11.7. The highest BCUT2D eigenvalue weighted by atomic mass is 32.1. The van der Waals surface area contributed by atoms with Gasteiger partial charge in [0, 0.05) is 32.6 Å². The van der Waals surface area contributed by atoms with E-state index >= 15 is 0 Å². The van der Waals surface area contributed by atoms with Crippen molar-refractivity contribution in [1.29, 1.82) is 0 Å². The van der Waals surface area contributed by atoms with Gasteiger partial charge in [0.1, 0.15) is 5.01 Å². The predicted molar refractivity (Wildman–Crippen MR) is 70.4 cm³/mol. The summed E-state index contributed by atoms with van der Waals surface area (Å²) in [4.78, 5) is 15.4. The summed E-state index contributed by atoms with van der Waals surface area (Å²) in [6, 6.07) is 0. The first-order valence-corrected chi connectivity index (χ1v) is 7.05. The Morgan fingerprint density at radius 3 is 2.68 bits per heavy atom. The van der Waals surface area contributed by atoms with Gasteiger partial charge >= 0.3 is 6.09 Å². The van der Waals surface area contributed by atoms with E-state index in [1.807, 2.05) is 6.92 Å². The van der Waals surface area contributed by atoms with Gasteiger partial charge in [-0.2, -0.15) is 0 Å². The lowest BCUT2D eigenvalue weighted by molar-refractivity contribution is 0.0973. The molecule has 0 unspecified atom stereocenters. The van der Waals surface area contributed by atoms with Gasteiger partial charge in [-0.15, -0.1) is 10.2 Å². The largest absolute Gasteiger partial charge is 0.449 e. The van der Waals surface area contributed by atoms with Gasteiger partial charge in [0.25, 0.3) is 0 Å². The number of nitrogens with zero attached hydrogens (tertiary/aromatic N) is 4. The number of piperazine rings is 1. The smallest absolute Gasteiger partial charge is 0.409 e. The van der Waals surface area contributed by atoms with Crippen molar-refractivity contribution in [2.24, 2.45) is 0 Å². The number of carbonyl (C=O) groups excluding carboxylic acids is 1. The molecule has 1 saturated heterocycles. The molecule has 19 heavy (non-hydrogen) atoms. The Labute approximate surface area is 115 Å². The van der Waals surface area contributed by atoms with Crippen molar-refractivity contribution in [3.05, 3.63) is 5.01 Å². The highest BCUT2D eigenvalue weighted by Crippen LogP contribution is 2.20. The molecular formula is C11H17FN4O2S. The van der Waals surface area contributed by atoms with Crippen molar-refractivity contribution in [3.8, 4) is 0 Å². The SMILES string of the molecule is Cc1nnc(N2CCN(C(=O)OCCCF)CC2)s1. The van der Waals surface area contributed by atoms with E-state index in [2.05, 4.69) is 15.1 Å². The van der Waals surface area contributed by atoms with Crippen LogP contribution in [0.3, 0.4) is 0 Å². The molecule has 8 heteroatoms. The van der Waals surface area contributed by atoms with Gasteiger partial charge in [-0.1, -0.05) is 11.3 Å². The maximum Gasteiger partial charge on any atom is 0.409 e. The minimum atomic E-state index is -0.461. The van der Waals surface area contributed by atoms with Crippen LogP contribution >= 0.6 is 11.3 Å². The molecule has 2 rings (SSSR count). The molecule has 1 aromatic heterocycles. The van der Waals surface area contributed by atoms with E-state index in [-0.39, 0.29) is 19.1 Å². The fraction of sp³-hybridized carbons (Fsp3) is 0.727. The molecule has 0 spiro atoms. The topological polar surface area (TPSA) is 58.6 Å². The Bertz CT molecular complexity index is 421. The number of ether oxygens (including phenoxy) is 1. The van der Waals surface area contributed by atoms with E-state index in [9.17, 15) is 9.18 Å². The van der Waals surface area contributed by atoms with Crippen LogP contribution in [-0.2, 0) is 4.74 Å². The number of amides is 1. The average Bonchev–Trinajstić information content (AvgIpc) is 2.86. The van der Waals surface area contributed by atoms with Crippen LogP contribution < -0.4 is 4.90 Å². The molecule has 2 heterocycles. The lowest BCUT2D eigenvalue weighted by Gasteiger charge is -2.33. The van der Waals surface area contributed by atoms with Crippen LogP contribution in [0.5, 0.6) is 0 Å². The Balaban J connectivity index is 1.77. The zero-order chi connectivity index (χ0) is 13.7. The number of aromatic nitrogens is 2. The number of carbonyl (C=O) groups is 1. The number of aryl methyl sites for hydroxylation is 1. The van der Waals surface area contributed by atoms with Crippen molar-refractivity contribution in [1.82, 2.24) is 15.1 Å². The second kappa shape index (κ2) is 6.65. The Kier molecular flexibility index (Phi) is 4.89.